The van der Waals surface area contributed by atoms with Crippen LogP contribution in [0.15, 0.2) is 72.1 Å². The summed E-state index contributed by atoms with van der Waals surface area (Å²) >= 11 is 1.75. The molecular weight excluding hydrogens is 354 g/mol. The minimum absolute atomic E-state index is 0.772. The summed E-state index contributed by atoms with van der Waals surface area (Å²) in [5.41, 5.74) is 6.38. The van der Waals surface area contributed by atoms with Crippen molar-refractivity contribution in [3.63, 3.8) is 0 Å². The molecule has 5 rings (SSSR count). The topological polar surface area (TPSA) is 57.5 Å². The van der Waals surface area contributed by atoms with Crippen LogP contribution in [0.2, 0.25) is 0 Å². The maximum absolute atomic E-state index is 9.14. The van der Waals surface area contributed by atoms with Crippen molar-refractivity contribution in [3.8, 4) is 10.4 Å². The van der Waals surface area contributed by atoms with Gasteiger partial charge in [0.2, 0.25) is 0 Å². The number of oxime groups is 1. The van der Waals surface area contributed by atoms with Gasteiger partial charge in [0.05, 0.1) is 21.0 Å². The molecule has 0 radical (unpaired) electrons. The monoisotopic (exact) mass is 371 g/mol. The summed E-state index contributed by atoms with van der Waals surface area (Å²) < 4.78 is 1.16. The predicted octanol–water partition coefficient (Wildman–Crippen LogP) is 5.83. The molecule has 2 heterocycles. The molecule has 0 atom stereocenters. The molecule has 1 aliphatic rings. The second-order valence-corrected chi connectivity index (χ2v) is 7.64. The molecule has 5 heteroatoms. The Labute approximate surface area is 160 Å². The Morgan fingerprint density at radius 2 is 1.93 bits per heavy atom. The molecule has 4 nitrogen and oxygen atoms in total. The lowest BCUT2D eigenvalue weighted by Crippen LogP contribution is -1.96. The van der Waals surface area contributed by atoms with E-state index in [9.17, 15) is 0 Å². The standard InChI is InChI=1S/C22H17N3OS/c26-25-19-9-6-15-12-16(7-8-17(15)19)24-21-18-10-11-23-13-20(18)27-22(21)14-4-2-1-3-5-14/h1-5,7-8,10-13,24,26H,6,9H2. The van der Waals surface area contributed by atoms with Crippen LogP contribution in [0.5, 0.6) is 0 Å². The van der Waals surface area contributed by atoms with Crippen LogP contribution in [0.25, 0.3) is 20.5 Å². The third-order valence-electron chi connectivity index (χ3n) is 4.97. The van der Waals surface area contributed by atoms with Gasteiger partial charge in [0.1, 0.15) is 0 Å². The van der Waals surface area contributed by atoms with Crippen LogP contribution in [-0.4, -0.2) is 15.9 Å². The van der Waals surface area contributed by atoms with Gasteiger partial charge in [-0.25, -0.2) is 0 Å². The number of hydrogen-bond donors (Lipinski definition) is 2. The number of aryl methyl sites for hydroxylation is 1. The first-order valence-electron chi connectivity index (χ1n) is 8.86. The molecule has 27 heavy (non-hydrogen) atoms. The number of fused-ring (bicyclic) bond motifs is 2. The van der Waals surface area contributed by atoms with Crippen molar-refractivity contribution in [1.29, 1.82) is 0 Å². The fraction of sp³-hybridized carbons (Fsp3) is 0.0909. The fourth-order valence-corrected chi connectivity index (χ4v) is 4.79. The Morgan fingerprint density at radius 1 is 1.04 bits per heavy atom. The van der Waals surface area contributed by atoms with Gasteiger partial charge in [-0.05, 0) is 42.2 Å². The Bertz CT molecular complexity index is 1160. The molecule has 2 aromatic heterocycles. The summed E-state index contributed by atoms with van der Waals surface area (Å²) in [6.07, 6.45) is 5.45. The molecule has 0 unspecified atom stereocenters. The van der Waals surface area contributed by atoms with Crippen molar-refractivity contribution in [2.45, 2.75) is 12.8 Å². The number of benzene rings is 2. The summed E-state index contributed by atoms with van der Waals surface area (Å²) in [5.74, 6) is 0. The van der Waals surface area contributed by atoms with Crippen LogP contribution in [0.4, 0.5) is 11.4 Å². The summed E-state index contributed by atoms with van der Waals surface area (Å²) in [6, 6.07) is 18.7. The van der Waals surface area contributed by atoms with Crippen molar-refractivity contribution >= 4 is 38.5 Å². The van der Waals surface area contributed by atoms with Crippen molar-refractivity contribution in [2.75, 3.05) is 5.32 Å². The molecule has 0 bridgehead atoms. The molecule has 0 amide bonds. The summed E-state index contributed by atoms with van der Waals surface area (Å²) in [5, 5.41) is 17.4. The first-order chi connectivity index (χ1) is 13.3. The number of aromatic nitrogens is 1. The third kappa shape index (κ3) is 2.76. The highest BCUT2D eigenvalue weighted by Crippen LogP contribution is 2.43. The maximum atomic E-state index is 9.14. The number of nitrogens with zero attached hydrogens (tertiary/aromatic N) is 2. The lowest BCUT2D eigenvalue weighted by Gasteiger charge is -2.11. The average Bonchev–Trinajstić information content (AvgIpc) is 3.30. The fourth-order valence-electron chi connectivity index (χ4n) is 3.66. The molecule has 0 spiro atoms. The van der Waals surface area contributed by atoms with E-state index in [-0.39, 0.29) is 0 Å². The molecule has 0 aliphatic heterocycles. The average molecular weight is 371 g/mol. The molecule has 0 fully saturated rings. The van der Waals surface area contributed by atoms with Crippen LogP contribution >= 0.6 is 11.3 Å². The zero-order valence-electron chi connectivity index (χ0n) is 14.5. The van der Waals surface area contributed by atoms with Crippen LogP contribution in [0, 0.1) is 0 Å². The van der Waals surface area contributed by atoms with Gasteiger partial charge in [-0.1, -0.05) is 41.6 Å². The number of pyridine rings is 1. The largest absolute Gasteiger partial charge is 0.411 e. The van der Waals surface area contributed by atoms with Crippen molar-refractivity contribution in [3.05, 3.63) is 78.1 Å². The van der Waals surface area contributed by atoms with Crippen LogP contribution < -0.4 is 5.32 Å². The van der Waals surface area contributed by atoms with Crippen LogP contribution in [0.3, 0.4) is 0 Å². The van der Waals surface area contributed by atoms with Crippen molar-refractivity contribution in [1.82, 2.24) is 4.98 Å². The number of rotatable bonds is 3. The van der Waals surface area contributed by atoms with Crippen LogP contribution in [0.1, 0.15) is 17.5 Å². The molecule has 2 aromatic carbocycles. The van der Waals surface area contributed by atoms with E-state index in [1.165, 1.54) is 21.4 Å². The highest BCUT2D eigenvalue weighted by molar-refractivity contribution is 7.23. The number of anilines is 2. The Hall–Kier alpha value is -3.18. The molecule has 0 saturated carbocycles. The third-order valence-corrected chi connectivity index (χ3v) is 6.16. The highest BCUT2D eigenvalue weighted by atomic mass is 32.1. The molecule has 132 valence electrons. The van der Waals surface area contributed by atoms with Crippen molar-refractivity contribution in [2.24, 2.45) is 5.16 Å². The van der Waals surface area contributed by atoms with E-state index in [2.05, 4.69) is 57.9 Å². The Balaban J connectivity index is 1.61. The number of hydrogen-bond acceptors (Lipinski definition) is 5. The number of nitrogens with one attached hydrogen (secondary N) is 1. The zero-order valence-corrected chi connectivity index (χ0v) is 15.3. The minimum Gasteiger partial charge on any atom is -0.411 e. The second kappa shape index (κ2) is 6.52. The van der Waals surface area contributed by atoms with Gasteiger partial charge < -0.3 is 10.5 Å². The molecular formula is C22H17N3OS. The SMILES string of the molecule is ON=C1CCc2cc(Nc3c(-c4ccccc4)sc4cnccc34)ccc21. The van der Waals surface area contributed by atoms with Gasteiger partial charge in [0, 0.05) is 29.0 Å². The quantitative estimate of drug-likeness (QED) is 0.352. The Kier molecular flexibility index (Phi) is 3.87. The first kappa shape index (κ1) is 16.0. The van der Waals surface area contributed by atoms with Gasteiger partial charge in [0.15, 0.2) is 0 Å². The first-order valence-corrected chi connectivity index (χ1v) is 9.68. The highest BCUT2D eigenvalue weighted by Gasteiger charge is 2.19. The van der Waals surface area contributed by atoms with E-state index >= 15 is 0 Å². The smallest absolute Gasteiger partial charge is 0.0873 e. The van der Waals surface area contributed by atoms with E-state index in [4.69, 9.17) is 5.21 Å². The van der Waals surface area contributed by atoms with Gasteiger partial charge >= 0.3 is 0 Å². The summed E-state index contributed by atoms with van der Waals surface area (Å²) in [6.45, 7) is 0. The molecule has 4 aromatic rings. The molecule has 0 saturated heterocycles. The van der Waals surface area contributed by atoms with E-state index in [1.807, 2.05) is 24.5 Å². The van der Waals surface area contributed by atoms with E-state index in [0.29, 0.717) is 0 Å². The second-order valence-electron chi connectivity index (χ2n) is 6.59. The van der Waals surface area contributed by atoms with Gasteiger partial charge in [-0.2, -0.15) is 0 Å². The lowest BCUT2D eigenvalue weighted by atomic mass is 10.1. The Morgan fingerprint density at radius 3 is 2.78 bits per heavy atom. The van der Waals surface area contributed by atoms with Crippen LogP contribution in [-0.2, 0) is 6.42 Å². The van der Waals surface area contributed by atoms with Crippen molar-refractivity contribution < 1.29 is 5.21 Å². The molecule has 2 N–H and O–H groups in total. The van der Waals surface area contributed by atoms with E-state index in [1.54, 1.807) is 11.3 Å². The normalized spacial score (nSPS) is 14.6. The van der Waals surface area contributed by atoms with E-state index in [0.717, 1.165) is 40.2 Å². The van der Waals surface area contributed by atoms with Gasteiger partial charge in [-0.3, -0.25) is 4.98 Å². The van der Waals surface area contributed by atoms with Gasteiger partial charge in [0.25, 0.3) is 0 Å². The summed E-state index contributed by atoms with van der Waals surface area (Å²) in [7, 11) is 0. The van der Waals surface area contributed by atoms with Gasteiger partial charge in [-0.15, -0.1) is 11.3 Å². The summed E-state index contributed by atoms with van der Waals surface area (Å²) in [4.78, 5) is 5.48. The van der Waals surface area contributed by atoms with E-state index < -0.39 is 0 Å². The maximum Gasteiger partial charge on any atom is 0.0873 e. The zero-order chi connectivity index (χ0) is 18.2. The predicted molar refractivity (Wildman–Crippen MR) is 111 cm³/mol. The lowest BCUT2D eigenvalue weighted by molar-refractivity contribution is 0.318. The number of thiophene rings is 1. The molecule has 1 aliphatic carbocycles. The minimum atomic E-state index is 0.772.